The predicted molar refractivity (Wildman–Crippen MR) is 79.3 cm³/mol. The molecular formula is C15H23N3O. The van der Waals surface area contributed by atoms with E-state index in [0.29, 0.717) is 0 Å². The van der Waals surface area contributed by atoms with Crippen LogP contribution in [-0.4, -0.2) is 25.0 Å². The fraction of sp³-hybridized carbons (Fsp3) is 0.533. The van der Waals surface area contributed by atoms with Crippen molar-refractivity contribution in [2.45, 2.75) is 32.7 Å². The smallest absolute Gasteiger partial charge is 0.228 e. The Morgan fingerprint density at radius 2 is 1.79 bits per heavy atom. The van der Waals surface area contributed by atoms with Crippen LogP contribution < -0.4 is 16.0 Å². The number of hydrogen-bond acceptors (Lipinski definition) is 3. The Balaban J connectivity index is 1.96. The molecule has 2 unspecified atom stereocenters. The summed E-state index contributed by atoms with van der Waals surface area (Å²) in [5.74, 6) is -0.206. The quantitative estimate of drug-likeness (QED) is 0.873. The second-order valence-corrected chi connectivity index (χ2v) is 5.38. The summed E-state index contributed by atoms with van der Waals surface area (Å²) >= 11 is 0. The number of nitrogens with one attached hydrogen (secondary N) is 1. The molecule has 1 saturated heterocycles. The van der Waals surface area contributed by atoms with Gasteiger partial charge in [-0.25, -0.2) is 0 Å². The maximum atomic E-state index is 11.9. The first kappa shape index (κ1) is 13.9. The van der Waals surface area contributed by atoms with Crippen molar-refractivity contribution in [3.63, 3.8) is 0 Å². The van der Waals surface area contributed by atoms with E-state index in [1.807, 2.05) is 26.0 Å². The molecule has 1 fully saturated rings. The summed E-state index contributed by atoms with van der Waals surface area (Å²) < 4.78 is 0. The molecule has 19 heavy (non-hydrogen) atoms. The number of hydrogen-bond donors (Lipinski definition) is 2. The van der Waals surface area contributed by atoms with Crippen molar-refractivity contribution < 1.29 is 4.79 Å². The summed E-state index contributed by atoms with van der Waals surface area (Å²) in [4.78, 5) is 14.3. The Hall–Kier alpha value is -1.55. The lowest BCUT2D eigenvalue weighted by atomic mass is 10.0. The van der Waals surface area contributed by atoms with Crippen LogP contribution in [0.4, 0.5) is 11.4 Å². The molecule has 0 aromatic heterocycles. The highest BCUT2D eigenvalue weighted by atomic mass is 16.1. The Bertz CT molecular complexity index is 422. The SMILES string of the molecule is CC(N)C(C)C(=O)Nc1ccc(N2CCCC2)cc1. The fourth-order valence-electron chi connectivity index (χ4n) is 2.23. The second-order valence-electron chi connectivity index (χ2n) is 5.38. The van der Waals surface area contributed by atoms with Crippen molar-refractivity contribution in [2.24, 2.45) is 11.7 Å². The third kappa shape index (κ3) is 3.47. The summed E-state index contributed by atoms with van der Waals surface area (Å²) in [6, 6.07) is 7.91. The third-order valence-electron chi connectivity index (χ3n) is 3.81. The molecule has 0 radical (unpaired) electrons. The number of nitrogens with two attached hydrogens (primary N) is 1. The first-order chi connectivity index (χ1) is 9.08. The van der Waals surface area contributed by atoms with Crippen LogP contribution in [0.1, 0.15) is 26.7 Å². The number of anilines is 2. The Morgan fingerprint density at radius 3 is 2.32 bits per heavy atom. The molecule has 3 N–H and O–H groups in total. The average molecular weight is 261 g/mol. The van der Waals surface area contributed by atoms with E-state index in [1.54, 1.807) is 0 Å². The van der Waals surface area contributed by atoms with E-state index in [-0.39, 0.29) is 17.9 Å². The van der Waals surface area contributed by atoms with Crippen LogP contribution in [0.25, 0.3) is 0 Å². The monoisotopic (exact) mass is 261 g/mol. The first-order valence-corrected chi connectivity index (χ1v) is 6.99. The molecule has 104 valence electrons. The molecule has 1 aromatic rings. The highest BCUT2D eigenvalue weighted by Crippen LogP contribution is 2.22. The zero-order valence-corrected chi connectivity index (χ0v) is 11.7. The summed E-state index contributed by atoms with van der Waals surface area (Å²) in [5.41, 5.74) is 7.80. The van der Waals surface area contributed by atoms with E-state index in [0.717, 1.165) is 18.8 Å². The van der Waals surface area contributed by atoms with Gasteiger partial charge in [-0.05, 0) is 44.0 Å². The number of amides is 1. The molecule has 1 aliphatic rings. The minimum Gasteiger partial charge on any atom is -0.372 e. The van der Waals surface area contributed by atoms with Crippen molar-refractivity contribution in [1.29, 1.82) is 0 Å². The molecule has 4 nitrogen and oxygen atoms in total. The molecule has 0 saturated carbocycles. The van der Waals surface area contributed by atoms with Gasteiger partial charge in [0, 0.05) is 30.5 Å². The molecule has 2 rings (SSSR count). The average Bonchev–Trinajstić information content (AvgIpc) is 2.92. The lowest BCUT2D eigenvalue weighted by Gasteiger charge is -2.19. The topological polar surface area (TPSA) is 58.4 Å². The van der Waals surface area contributed by atoms with Gasteiger partial charge >= 0.3 is 0 Å². The number of carbonyl (C=O) groups is 1. The van der Waals surface area contributed by atoms with E-state index in [2.05, 4.69) is 22.3 Å². The predicted octanol–water partition coefficient (Wildman–Crippen LogP) is 2.21. The summed E-state index contributed by atoms with van der Waals surface area (Å²) in [6.45, 7) is 5.96. The lowest BCUT2D eigenvalue weighted by molar-refractivity contribution is -0.119. The van der Waals surface area contributed by atoms with Crippen molar-refractivity contribution >= 4 is 17.3 Å². The highest BCUT2D eigenvalue weighted by molar-refractivity contribution is 5.92. The standard InChI is InChI=1S/C15H23N3O/c1-11(12(2)16)15(19)17-13-5-7-14(8-6-13)18-9-3-4-10-18/h5-8,11-12H,3-4,9-10,16H2,1-2H3,(H,17,19). The Morgan fingerprint density at radius 1 is 1.21 bits per heavy atom. The van der Waals surface area contributed by atoms with Gasteiger partial charge in [0.05, 0.1) is 5.92 Å². The van der Waals surface area contributed by atoms with Gasteiger partial charge in [-0.2, -0.15) is 0 Å². The van der Waals surface area contributed by atoms with Gasteiger partial charge in [0.15, 0.2) is 0 Å². The number of carbonyl (C=O) groups excluding carboxylic acids is 1. The van der Waals surface area contributed by atoms with Crippen LogP contribution in [0.2, 0.25) is 0 Å². The van der Waals surface area contributed by atoms with Crippen LogP contribution >= 0.6 is 0 Å². The van der Waals surface area contributed by atoms with Crippen LogP contribution in [-0.2, 0) is 4.79 Å². The van der Waals surface area contributed by atoms with E-state index >= 15 is 0 Å². The van der Waals surface area contributed by atoms with E-state index in [4.69, 9.17) is 5.73 Å². The van der Waals surface area contributed by atoms with Crippen LogP contribution in [0.5, 0.6) is 0 Å². The number of nitrogens with zero attached hydrogens (tertiary/aromatic N) is 1. The summed E-state index contributed by atoms with van der Waals surface area (Å²) in [6.07, 6.45) is 2.54. The molecule has 1 aromatic carbocycles. The summed E-state index contributed by atoms with van der Waals surface area (Å²) in [7, 11) is 0. The highest BCUT2D eigenvalue weighted by Gasteiger charge is 2.17. The first-order valence-electron chi connectivity index (χ1n) is 6.99. The van der Waals surface area contributed by atoms with Crippen molar-refractivity contribution in [1.82, 2.24) is 0 Å². The zero-order valence-electron chi connectivity index (χ0n) is 11.7. The van der Waals surface area contributed by atoms with Crippen molar-refractivity contribution in [3.8, 4) is 0 Å². The van der Waals surface area contributed by atoms with Gasteiger partial charge in [-0.1, -0.05) is 6.92 Å². The number of rotatable bonds is 4. The molecular weight excluding hydrogens is 238 g/mol. The van der Waals surface area contributed by atoms with Crippen molar-refractivity contribution in [3.05, 3.63) is 24.3 Å². The van der Waals surface area contributed by atoms with Gasteiger partial charge < -0.3 is 16.0 Å². The molecule has 1 amide bonds. The van der Waals surface area contributed by atoms with Crippen LogP contribution in [0, 0.1) is 5.92 Å². The lowest BCUT2D eigenvalue weighted by Crippen LogP contribution is -2.34. The van der Waals surface area contributed by atoms with Crippen LogP contribution in [0.15, 0.2) is 24.3 Å². The molecule has 1 heterocycles. The number of benzene rings is 1. The largest absolute Gasteiger partial charge is 0.372 e. The van der Waals surface area contributed by atoms with Crippen LogP contribution in [0.3, 0.4) is 0 Å². The van der Waals surface area contributed by atoms with Gasteiger partial charge in [0.2, 0.25) is 5.91 Å². The maximum Gasteiger partial charge on any atom is 0.228 e. The van der Waals surface area contributed by atoms with Gasteiger partial charge in [-0.15, -0.1) is 0 Å². The van der Waals surface area contributed by atoms with E-state index in [9.17, 15) is 4.79 Å². The fourth-order valence-corrected chi connectivity index (χ4v) is 2.23. The Kier molecular flexibility index (Phi) is 4.43. The molecule has 0 bridgehead atoms. The second kappa shape index (κ2) is 6.06. The molecule has 2 atom stereocenters. The molecule has 1 aliphatic heterocycles. The normalized spacial score (nSPS) is 18.2. The van der Waals surface area contributed by atoms with Crippen molar-refractivity contribution in [2.75, 3.05) is 23.3 Å². The Labute approximate surface area is 115 Å². The molecule has 0 aliphatic carbocycles. The van der Waals surface area contributed by atoms with Gasteiger partial charge in [0.1, 0.15) is 0 Å². The van der Waals surface area contributed by atoms with Gasteiger partial charge in [-0.3, -0.25) is 4.79 Å². The summed E-state index contributed by atoms with van der Waals surface area (Å²) in [5, 5.41) is 2.90. The zero-order chi connectivity index (χ0) is 13.8. The maximum absolute atomic E-state index is 11.9. The minimum atomic E-state index is -0.182. The van der Waals surface area contributed by atoms with E-state index < -0.39 is 0 Å². The third-order valence-corrected chi connectivity index (χ3v) is 3.81. The molecule has 4 heteroatoms. The van der Waals surface area contributed by atoms with Gasteiger partial charge in [0.25, 0.3) is 0 Å². The molecule has 0 spiro atoms. The van der Waals surface area contributed by atoms with E-state index in [1.165, 1.54) is 18.5 Å². The minimum absolute atomic E-state index is 0.0241.